The minimum Gasteiger partial charge on any atom is -0.492 e. The molecule has 1 aromatic rings. The molecular formula is C7H8OS. The van der Waals surface area contributed by atoms with Crippen molar-refractivity contribution < 1.29 is 4.74 Å². The van der Waals surface area contributed by atoms with Gasteiger partial charge < -0.3 is 4.74 Å². The highest BCUT2D eigenvalue weighted by Crippen LogP contribution is 2.32. The maximum absolute atomic E-state index is 5.33. The van der Waals surface area contributed by atoms with Crippen molar-refractivity contribution in [2.24, 2.45) is 0 Å². The van der Waals surface area contributed by atoms with E-state index in [0.717, 1.165) is 18.8 Å². The third-order valence-corrected chi connectivity index (χ3v) is 2.61. The molecule has 0 N–H and O–H groups in total. The Bertz CT molecular complexity index is 227. The Balaban J connectivity index is 2.56. The summed E-state index contributed by atoms with van der Waals surface area (Å²) in [6.45, 7) is 3.04. The summed E-state index contributed by atoms with van der Waals surface area (Å²) < 4.78 is 5.33. The summed E-state index contributed by atoms with van der Waals surface area (Å²) in [5, 5.41) is 2.09. The molecule has 1 nitrogen and oxygen atoms in total. The van der Waals surface area contributed by atoms with Gasteiger partial charge in [0.25, 0.3) is 0 Å². The molecule has 0 fully saturated rings. The zero-order valence-corrected chi connectivity index (χ0v) is 6.12. The molecule has 0 aromatic carbocycles. The molecule has 1 aromatic heterocycles. The van der Waals surface area contributed by atoms with Crippen LogP contribution in [0.5, 0.6) is 5.75 Å². The van der Waals surface area contributed by atoms with Crippen LogP contribution in [0.25, 0.3) is 0 Å². The molecule has 0 bridgehead atoms. The lowest BCUT2D eigenvalue weighted by molar-refractivity contribution is 0.357. The van der Waals surface area contributed by atoms with Crippen molar-refractivity contribution in [2.45, 2.75) is 13.3 Å². The fraction of sp³-hybridized carbons (Fsp3) is 0.429. The molecule has 0 unspecified atom stereocenters. The quantitative estimate of drug-likeness (QED) is 0.535. The van der Waals surface area contributed by atoms with E-state index in [1.807, 2.05) is 0 Å². The predicted octanol–water partition coefficient (Wildman–Crippen LogP) is 1.99. The lowest BCUT2D eigenvalue weighted by Crippen LogP contribution is -1.87. The molecule has 2 heterocycles. The molecular weight excluding hydrogens is 132 g/mol. The zero-order chi connectivity index (χ0) is 6.27. The molecule has 0 atom stereocenters. The first-order chi connectivity index (χ1) is 4.38. The SMILES string of the molecule is Cc1scc2c1CCO2. The van der Waals surface area contributed by atoms with Gasteiger partial charge in [0, 0.05) is 22.2 Å². The van der Waals surface area contributed by atoms with Gasteiger partial charge in [0.2, 0.25) is 0 Å². The summed E-state index contributed by atoms with van der Waals surface area (Å²) in [4.78, 5) is 1.42. The van der Waals surface area contributed by atoms with Crippen LogP contribution in [-0.4, -0.2) is 6.61 Å². The number of ether oxygens (including phenoxy) is 1. The van der Waals surface area contributed by atoms with Crippen LogP contribution >= 0.6 is 11.3 Å². The van der Waals surface area contributed by atoms with Gasteiger partial charge in [0.15, 0.2) is 0 Å². The van der Waals surface area contributed by atoms with Crippen molar-refractivity contribution in [1.29, 1.82) is 0 Å². The van der Waals surface area contributed by atoms with E-state index in [0.29, 0.717) is 0 Å². The molecule has 1 aliphatic heterocycles. The van der Waals surface area contributed by atoms with Crippen molar-refractivity contribution in [3.8, 4) is 5.75 Å². The fourth-order valence-corrected chi connectivity index (χ4v) is 1.98. The minimum absolute atomic E-state index is 0.888. The molecule has 1 aliphatic rings. The molecule has 0 radical (unpaired) electrons. The molecule has 0 saturated carbocycles. The summed E-state index contributed by atoms with van der Waals surface area (Å²) in [5.41, 5.74) is 1.43. The van der Waals surface area contributed by atoms with E-state index in [9.17, 15) is 0 Å². The van der Waals surface area contributed by atoms with Gasteiger partial charge in [0.1, 0.15) is 5.75 Å². The van der Waals surface area contributed by atoms with E-state index in [2.05, 4.69) is 12.3 Å². The zero-order valence-electron chi connectivity index (χ0n) is 5.31. The second-order valence-corrected chi connectivity index (χ2v) is 3.32. The Hall–Kier alpha value is -0.500. The summed E-state index contributed by atoms with van der Waals surface area (Å²) in [5.74, 6) is 1.12. The lowest BCUT2D eigenvalue weighted by Gasteiger charge is -1.87. The van der Waals surface area contributed by atoms with Crippen LogP contribution in [0.3, 0.4) is 0 Å². The average molecular weight is 140 g/mol. The number of hydrogen-bond donors (Lipinski definition) is 0. The van der Waals surface area contributed by atoms with Gasteiger partial charge >= 0.3 is 0 Å². The van der Waals surface area contributed by atoms with Gasteiger partial charge in [-0.1, -0.05) is 0 Å². The Kier molecular flexibility index (Phi) is 1.02. The largest absolute Gasteiger partial charge is 0.492 e. The van der Waals surface area contributed by atoms with E-state index < -0.39 is 0 Å². The number of hydrogen-bond acceptors (Lipinski definition) is 2. The second-order valence-electron chi connectivity index (χ2n) is 2.23. The first kappa shape index (κ1) is 5.30. The Morgan fingerprint density at radius 1 is 1.67 bits per heavy atom. The van der Waals surface area contributed by atoms with Crippen molar-refractivity contribution in [3.05, 3.63) is 15.8 Å². The normalized spacial score (nSPS) is 15.2. The van der Waals surface area contributed by atoms with E-state index in [4.69, 9.17) is 4.74 Å². The highest BCUT2D eigenvalue weighted by atomic mass is 32.1. The predicted molar refractivity (Wildman–Crippen MR) is 38.3 cm³/mol. The molecule has 9 heavy (non-hydrogen) atoms. The van der Waals surface area contributed by atoms with E-state index in [1.165, 1.54) is 10.4 Å². The number of aryl methyl sites for hydroxylation is 1. The highest BCUT2D eigenvalue weighted by Gasteiger charge is 2.14. The number of rotatable bonds is 0. The molecule has 48 valence electrons. The molecule has 0 spiro atoms. The van der Waals surface area contributed by atoms with Gasteiger partial charge in [-0.25, -0.2) is 0 Å². The van der Waals surface area contributed by atoms with E-state index in [-0.39, 0.29) is 0 Å². The average Bonchev–Trinajstić information content (AvgIpc) is 2.35. The Labute approximate surface area is 58.3 Å². The maximum Gasteiger partial charge on any atom is 0.133 e. The van der Waals surface area contributed by atoms with Crippen molar-refractivity contribution in [2.75, 3.05) is 6.61 Å². The molecule has 0 amide bonds. The topological polar surface area (TPSA) is 9.23 Å². The summed E-state index contributed by atoms with van der Waals surface area (Å²) >= 11 is 1.78. The molecule has 0 aliphatic carbocycles. The third kappa shape index (κ3) is 0.663. The van der Waals surface area contributed by atoms with Crippen LogP contribution in [0.2, 0.25) is 0 Å². The van der Waals surface area contributed by atoms with Crippen molar-refractivity contribution >= 4 is 11.3 Å². The summed E-state index contributed by atoms with van der Waals surface area (Å²) in [6.07, 6.45) is 1.12. The van der Waals surface area contributed by atoms with E-state index >= 15 is 0 Å². The number of thiophene rings is 1. The van der Waals surface area contributed by atoms with Gasteiger partial charge in [-0.05, 0) is 6.92 Å². The maximum atomic E-state index is 5.33. The minimum atomic E-state index is 0.888. The van der Waals surface area contributed by atoms with Crippen molar-refractivity contribution in [1.82, 2.24) is 0 Å². The smallest absolute Gasteiger partial charge is 0.133 e. The first-order valence-corrected chi connectivity index (χ1v) is 3.95. The monoisotopic (exact) mass is 140 g/mol. The Morgan fingerprint density at radius 2 is 2.56 bits per heavy atom. The standard InChI is InChI=1S/C7H8OS/c1-5-6-2-3-8-7(6)4-9-5/h4H,2-3H2,1H3. The molecule has 2 rings (SSSR count). The van der Waals surface area contributed by atoms with Crippen LogP contribution in [0.15, 0.2) is 5.38 Å². The van der Waals surface area contributed by atoms with Gasteiger partial charge in [0.05, 0.1) is 6.61 Å². The van der Waals surface area contributed by atoms with Crippen LogP contribution in [0, 0.1) is 6.92 Å². The van der Waals surface area contributed by atoms with E-state index in [1.54, 1.807) is 11.3 Å². The summed E-state index contributed by atoms with van der Waals surface area (Å²) in [7, 11) is 0. The van der Waals surface area contributed by atoms with Gasteiger partial charge in [-0.3, -0.25) is 0 Å². The van der Waals surface area contributed by atoms with Crippen LogP contribution in [-0.2, 0) is 6.42 Å². The fourth-order valence-electron chi connectivity index (χ4n) is 1.14. The lowest BCUT2D eigenvalue weighted by atomic mass is 10.2. The van der Waals surface area contributed by atoms with Crippen LogP contribution < -0.4 is 4.74 Å². The second kappa shape index (κ2) is 1.74. The van der Waals surface area contributed by atoms with Gasteiger partial charge in [-0.15, -0.1) is 11.3 Å². The third-order valence-electron chi connectivity index (χ3n) is 1.67. The highest BCUT2D eigenvalue weighted by molar-refractivity contribution is 7.10. The van der Waals surface area contributed by atoms with Crippen molar-refractivity contribution in [3.63, 3.8) is 0 Å². The van der Waals surface area contributed by atoms with Gasteiger partial charge in [-0.2, -0.15) is 0 Å². The molecule has 0 saturated heterocycles. The summed E-state index contributed by atoms with van der Waals surface area (Å²) in [6, 6.07) is 0. The Morgan fingerprint density at radius 3 is 3.33 bits per heavy atom. The molecule has 2 heteroatoms. The first-order valence-electron chi connectivity index (χ1n) is 3.07. The number of fused-ring (bicyclic) bond motifs is 1. The van der Waals surface area contributed by atoms with Crippen LogP contribution in [0.1, 0.15) is 10.4 Å². The van der Waals surface area contributed by atoms with Crippen LogP contribution in [0.4, 0.5) is 0 Å².